The van der Waals surface area contributed by atoms with Crippen LogP contribution in [0.5, 0.6) is 0 Å². The molecule has 0 radical (unpaired) electrons. The van der Waals surface area contributed by atoms with Crippen molar-refractivity contribution >= 4 is 6.03 Å². The number of primary amides is 1. The molecule has 64 valence electrons. The minimum absolute atomic E-state index is 0.494. The number of carbonyl (C=O) groups excluding carboxylic acids is 1. The van der Waals surface area contributed by atoms with E-state index in [1.54, 1.807) is 18.6 Å². The lowest BCUT2D eigenvalue weighted by Gasteiger charge is -1.99. The number of nitrogens with one attached hydrogen (secondary N) is 1. The molecule has 0 saturated carbocycles. The number of rotatable bonds is 3. The maximum Gasteiger partial charge on any atom is 0.312 e. The summed E-state index contributed by atoms with van der Waals surface area (Å²) in [6, 6.07) is -0.515. The van der Waals surface area contributed by atoms with Crippen LogP contribution in [0.3, 0.4) is 0 Å². The number of amides is 2. The molecule has 0 spiro atoms. The molecule has 1 heterocycles. The molecule has 5 heteroatoms. The second-order valence-electron chi connectivity index (χ2n) is 2.24. The van der Waals surface area contributed by atoms with Crippen molar-refractivity contribution in [3.05, 3.63) is 24.3 Å². The maximum atomic E-state index is 10.3. The lowest BCUT2D eigenvalue weighted by atomic mass is 10.3. The van der Waals surface area contributed by atoms with Crippen LogP contribution in [0.25, 0.3) is 0 Å². The minimum atomic E-state index is -0.515. The molecular weight excluding hydrogens is 156 g/mol. The van der Waals surface area contributed by atoms with Gasteiger partial charge in [-0.1, -0.05) is 0 Å². The Morgan fingerprint density at radius 1 is 1.58 bits per heavy atom. The molecule has 1 aromatic heterocycles. The molecule has 0 aliphatic carbocycles. The van der Waals surface area contributed by atoms with E-state index in [2.05, 4.69) is 15.3 Å². The molecule has 0 bridgehead atoms. The smallest absolute Gasteiger partial charge is 0.312 e. The first-order chi connectivity index (χ1) is 5.79. The van der Waals surface area contributed by atoms with Gasteiger partial charge < -0.3 is 11.1 Å². The Balaban J connectivity index is 2.29. The van der Waals surface area contributed by atoms with E-state index < -0.39 is 6.03 Å². The summed E-state index contributed by atoms with van der Waals surface area (Å²) in [4.78, 5) is 18.2. The average Bonchev–Trinajstić information content (AvgIpc) is 2.05. The van der Waals surface area contributed by atoms with Crippen molar-refractivity contribution in [1.29, 1.82) is 0 Å². The minimum Gasteiger partial charge on any atom is -0.352 e. The summed E-state index contributed by atoms with van der Waals surface area (Å²) in [5.41, 5.74) is 5.71. The highest BCUT2D eigenvalue weighted by Gasteiger charge is 1.94. The SMILES string of the molecule is NC(=O)NCCc1cnccn1. The van der Waals surface area contributed by atoms with E-state index >= 15 is 0 Å². The lowest BCUT2D eigenvalue weighted by Crippen LogP contribution is -2.31. The van der Waals surface area contributed by atoms with Crippen LogP contribution in [0, 0.1) is 0 Å². The number of hydrogen-bond donors (Lipinski definition) is 2. The first-order valence-corrected chi connectivity index (χ1v) is 3.57. The van der Waals surface area contributed by atoms with Gasteiger partial charge in [-0.15, -0.1) is 0 Å². The second-order valence-corrected chi connectivity index (χ2v) is 2.24. The summed E-state index contributed by atoms with van der Waals surface area (Å²) in [6.07, 6.45) is 5.52. The van der Waals surface area contributed by atoms with Gasteiger partial charge in [-0.05, 0) is 0 Å². The molecular formula is C7H10N4O. The molecule has 0 aromatic carbocycles. The third kappa shape index (κ3) is 2.96. The normalized spacial score (nSPS) is 9.33. The van der Waals surface area contributed by atoms with E-state index in [9.17, 15) is 4.79 Å². The summed E-state index contributed by atoms with van der Waals surface area (Å²) in [5, 5.41) is 2.47. The van der Waals surface area contributed by atoms with Gasteiger partial charge in [0, 0.05) is 31.6 Å². The highest BCUT2D eigenvalue weighted by molar-refractivity contribution is 5.71. The topological polar surface area (TPSA) is 80.9 Å². The third-order valence-electron chi connectivity index (χ3n) is 1.30. The number of nitrogens with two attached hydrogens (primary N) is 1. The predicted molar refractivity (Wildman–Crippen MR) is 43.3 cm³/mol. The Bertz CT molecular complexity index is 249. The molecule has 1 rings (SSSR count). The lowest BCUT2D eigenvalue weighted by molar-refractivity contribution is 0.249. The Kier molecular flexibility index (Phi) is 3.01. The third-order valence-corrected chi connectivity index (χ3v) is 1.30. The fraction of sp³-hybridized carbons (Fsp3) is 0.286. The molecule has 0 unspecified atom stereocenters. The van der Waals surface area contributed by atoms with Crippen LogP contribution >= 0.6 is 0 Å². The molecule has 0 saturated heterocycles. The number of carbonyl (C=O) groups is 1. The van der Waals surface area contributed by atoms with Crippen molar-refractivity contribution in [3.63, 3.8) is 0 Å². The molecule has 0 fully saturated rings. The van der Waals surface area contributed by atoms with Gasteiger partial charge in [0.05, 0.1) is 5.69 Å². The summed E-state index contributed by atoms with van der Waals surface area (Å²) >= 11 is 0. The van der Waals surface area contributed by atoms with Gasteiger partial charge in [-0.3, -0.25) is 9.97 Å². The van der Waals surface area contributed by atoms with Crippen LogP contribution < -0.4 is 11.1 Å². The first-order valence-electron chi connectivity index (χ1n) is 3.57. The first kappa shape index (κ1) is 8.45. The van der Waals surface area contributed by atoms with Crippen LogP contribution in [0.15, 0.2) is 18.6 Å². The molecule has 0 aliphatic rings. The van der Waals surface area contributed by atoms with E-state index in [1.807, 2.05) is 0 Å². The average molecular weight is 166 g/mol. The van der Waals surface area contributed by atoms with E-state index in [4.69, 9.17) is 5.73 Å². The molecule has 12 heavy (non-hydrogen) atoms. The number of aromatic nitrogens is 2. The van der Waals surface area contributed by atoms with E-state index in [0.717, 1.165) is 5.69 Å². The maximum absolute atomic E-state index is 10.3. The molecule has 2 amide bonds. The zero-order valence-electron chi connectivity index (χ0n) is 6.53. The molecule has 0 atom stereocenters. The highest BCUT2D eigenvalue weighted by Crippen LogP contribution is 1.89. The fourth-order valence-electron chi connectivity index (χ4n) is 0.773. The Hall–Kier alpha value is -1.65. The van der Waals surface area contributed by atoms with Gasteiger partial charge in [0.2, 0.25) is 0 Å². The van der Waals surface area contributed by atoms with Gasteiger partial charge in [-0.25, -0.2) is 4.79 Å². The van der Waals surface area contributed by atoms with Gasteiger partial charge in [0.1, 0.15) is 0 Å². The number of hydrogen-bond acceptors (Lipinski definition) is 3. The standard InChI is InChI=1S/C7H10N4O/c8-7(12)11-2-1-6-5-9-3-4-10-6/h3-5H,1-2H2,(H3,8,11,12). The second kappa shape index (κ2) is 4.27. The van der Waals surface area contributed by atoms with Crippen molar-refractivity contribution < 1.29 is 4.79 Å². The fourth-order valence-corrected chi connectivity index (χ4v) is 0.773. The van der Waals surface area contributed by atoms with Crippen molar-refractivity contribution in [2.45, 2.75) is 6.42 Å². The Labute approximate surface area is 70.0 Å². The van der Waals surface area contributed by atoms with Crippen molar-refractivity contribution in [2.75, 3.05) is 6.54 Å². The van der Waals surface area contributed by atoms with E-state index in [-0.39, 0.29) is 0 Å². The van der Waals surface area contributed by atoms with Crippen molar-refractivity contribution in [3.8, 4) is 0 Å². The van der Waals surface area contributed by atoms with Gasteiger partial charge in [0.25, 0.3) is 0 Å². The van der Waals surface area contributed by atoms with Crippen molar-refractivity contribution in [1.82, 2.24) is 15.3 Å². The van der Waals surface area contributed by atoms with Gasteiger partial charge >= 0.3 is 6.03 Å². The summed E-state index contributed by atoms with van der Waals surface area (Å²) in [6.45, 7) is 0.494. The summed E-state index contributed by atoms with van der Waals surface area (Å²) in [7, 11) is 0. The quantitative estimate of drug-likeness (QED) is 0.646. The van der Waals surface area contributed by atoms with Crippen LogP contribution in [0.4, 0.5) is 4.79 Å². The molecule has 3 N–H and O–H groups in total. The Morgan fingerprint density at radius 3 is 3.00 bits per heavy atom. The van der Waals surface area contributed by atoms with Crippen LogP contribution in [-0.2, 0) is 6.42 Å². The largest absolute Gasteiger partial charge is 0.352 e. The van der Waals surface area contributed by atoms with Gasteiger partial charge in [0.15, 0.2) is 0 Å². The van der Waals surface area contributed by atoms with Gasteiger partial charge in [-0.2, -0.15) is 0 Å². The number of urea groups is 1. The molecule has 1 aromatic rings. The Morgan fingerprint density at radius 2 is 2.42 bits per heavy atom. The summed E-state index contributed by atoms with van der Waals surface area (Å²) < 4.78 is 0. The van der Waals surface area contributed by atoms with Crippen molar-refractivity contribution in [2.24, 2.45) is 5.73 Å². The van der Waals surface area contributed by atoms with Crippen LogP contribution in [0.2, 0.25) is 0 Å². The number of nitrogens with zero attached hydrogens (tertiary/aromatic N) is 2. The molecule has 0 aliphatic heterocycles. The zero-order valence-corrected chi connectivity index (χ0v) is 6.53. The van der Waals surface area contributed by atoms with E-state index in [1.165, 1.54) is 0 Å². The molecule has 5 nitrogen and oxygen atoms in total. The van der Waals surface area contributed by atoms with Crippen LogP contribution in [-0.4, -0.2) is 22.5 Å². The summed E-state index contributed by atoms with van der Waals surface area (Å²) in [5.74, 6) is 0. The monoisotopic (exact) mass is 166 g/mol. The highest BCUT2D eigenvalue weighted by atomic mass is 16.2. The zero-order chi connectivity index (χ0) is 8.81. The van der Waals surface area contributed by atoms with Crippen LogP contribution in [0.1, 0.15) is 5.69 Å². The van der Waals surface area contributed by atoms with E-state index in [0.29, 0.717) is 13.0 Å². The predicted octanol–water partition coefficient (Wildman–Crippen LogP) is -0.313.